The molecule has 2 aromatic rings. The van der Waals surface area contributed by atoms with Crippen molar-refractivity contribution in [2.24, 2.45) is 0 Å². The summed E-state index contributed by atoms with van der Waals surface area (Å²) in [5, 5.41) is 2.68. The molecule has 0 unspecified atom stereocenters. The Morgan fingerprint density at radius 1 is 1.12 bits per heavy atom. The second-order valence-electron chi connectivity index (χ2n) is 5.17. The van der Waals surface area contributed by atoms with Gasteiger partial charge in [0.1, 0.15) is 0 Å². The number of aryl methyl sites for hydroxylation is 1. The number of esters is 1. The van der Waals surface area contributed by atoms with Crippen molar-refractivity contribution >= 4 is 45.3 Å². The minimum absolute atomic E-state index is 0.218. The van der Waals surface area contributed by atoms with Crippen LogP contribution in [-0.4, -0.2) is 24.2 Å². The maximum Gasteiger partial charge on any atom is 0.316 e. The largest absolute Gasteiger partial charge is 0.455 e. The molecule has 2 rings (SSSR count). The topological polar surface area (TPSA) is 55.4 Å². The number of carbonyl (C=O) groups is 2. The molecule has 1 N–H and O–H groups in total. The van der Waals surface area contributed by atoms with Crippen molar-refractivity contribution in [3.63, 3.8) is 0 Å². The highest BCUT2D eigenvalue weighted by Crippen LogP contribution is 2.21. The Labute approximate surface area is 154 Å². The van der Waals surface area contributed by atoms with Crippen LogP contribution < -0.4 is 5.32 Å². The molecule has 0 saturated carbocycles. The zero-order chi connectivity index (χ0) is 17.4. The number of rotatable bonds is 7. The summed E-state index contributed by atoms with van der Waals surface area (Å²) in [6.07, 6.45) is 0. The highest BCUT2D eigenvalue weighted by atomic mass is 79.9. The van der Waals surface area contributed by atoms with Crippen molar-refractivity contribution in [1.29, 1.82) is 0 Å². The summed E-state index contributed by atoms with van der Waals surface area (Å²) in [5.74, 6) is 0.197. The summed E-state index contributed by atoms with van der Waals surface area (Å²) >= 11 is 4.80. The second kappa shape index (κ2) is 9.49. The van der Waals surface area contributed by atoms with Crippen molar-refractivity contribution in [3.05, 3.63) is 64.1 Å². The van der Waals surface area contributed by atoms with E-state index < -0.39 is 5.97 Å². The molecule has 126 valence electrons. The van der Waals surface area contributed by atoms with Gasteiger partial charge < -0.3 is 10.1 Å². The number of amides is 1. The van der Waals surface area contributed by atoms with Crippen molar-refractivity contribution in [1.82, 2.24) is 0 Å². The van der Waals surface area contributed by atoms with Crippen LogP contribution in [-0.2, 0) is 20.1 Å². The van der Waals surface area contributed by atoms with Crippen LogP contribution in [0.4, 0.5) is 5.69 Å². The first-order valence-corrected chi connectivity index (χ1v) is 9.32. The molecule has 4 nitrogen and oxygen atoms in total. The minimum atomic E-state index is -0.394. The third-order valence-electron chi connectivity index (χ3n) is 3.12. The fraction of sp³-hybridized carbons (Fsp3) is 0.222. The van der Waals surface area contributed by atoms with E-state index in [-0.39, 0.29) is 18.3 Å². The van der Waals surface area contributed by atoms with Crippen LogP contribution in [0.3, 0.4) is 0 Å². The standard InChI is InChI=1S/C18H18BrNO3S/c1-13-6-8-14(9-7-13)11-24-12-18(22)23-10-17(21)20-16-5-3-2-4-15(16)19/h2-9H,10-12H2,1H3,(H,20,21). The number of anilines is 1. The van der Waals surface area contributed by atoms with Crippen molar-refractivity contribution < 1.29 is 14.3 Å². The number of halogens is 1. The summed E-state index contributed by atoms with van der Waals surface area (Å²) in [4.78, 5) is 23.5. The Balaban J connectivity index is 1.66. The van der Waals surface area contributed by atoms with Crippen LogP contribution in [0, 0.1) is 6.92 Å². The van der Waals surface area contributed by atoms with Gasteiger partial charge in [0.2, 0.25) is 0 Å². The molecule has 0 aliphatic carbocycles. The number of para-hydroxylation sites is 1. The Morgan fingerprint density at radius 2 is 1.83 bits per heavy atom. The Bertz CT molecular complexity index is 704. The molecule has 0 aliphatic rings. The fourth-order valence-electron chi connectivity index (χ4n) is 1.87. The molecule has 2 aromatic carbocycles. The van der Waals surface area contributed by atoms with Gasteiger partial charge in [0.25, 0.3) is 5.91 Å². The smallest absolute Gasteiger partial charge is 0.316 e. The first-order valence-electron chi connectivity index (χ1n) is 7.38. The molecular weight excluding hydrogens is 390 g/mol. The highest BCUT2D eigenvalue weighted by molar-refractivity contribution is 9.10. The van der Waals surface area contributed by atoms with E-state index in [0.717, 1.165) is 15.8 Å². The first-order chi connectivity index (χ1) is 11.5. The molecule has 0 bridgehead atoms. The van der Waals surface area contributed by atoms with E-state index >= 15 is 0 Å². The average molecular weight is 408 g/mol. The van der Waals surface area contributed by atoms with Crippen LogP contribution in [0.1, 0.15) is 11.1 Å². The lowest BCUT2D eigenvalue weighted by Crippen LogP contribution is -2.21. The number of hydrogen-bond donors (Lipinski definition) is 1. The van der Waals surface area contributed by atoms with Gasteiger partial charge in [-0.15, -0.1) is 11.8 Å². The summed E-state index contributed by atoms with van der Waals surface area (Å²) in [7, 11) is 0. The molecule has 0 fully saturated rings. The van der Waals surface area contributed by atoms with E-state index in [9.17, 15) is 9.59 Å². The lowest BCUT2D eigenvalue weighted by atomic mass is 10.2. The number of thioether (sulfide) groups is 1. The maximum atomic E-state index is 11.8. The van der Waals surface area contributed by atoms with Gasteiger partial charge in [-0.3, -0.25) is 9.59 Å². The van der Waals surface area contributed by atoms with E-state index in [1.54, 1.807) is 6.07 Å². The molecule has 0 aliphatic heterocycles. The van der Waals surface area contributed by atoms with E-state index in [1.165, 1.54) is 17.3 Å². The molecule has 0 atom stereocenters. The Kier molecular flexibility index (Phi) is 7.34. The molecular formula is C18H18BrNO3S. The van der Waals surface area contributed by atoms with E-state index in [4.69, 9.17) is 4.74 Å². The highest BCUT2D eigenvalue weighted by Gasteiger charge is 2.09. The quantitative estimate of drug-likeness (QED) is 0.699. The average Bonchev–Trinajstić information content (AvgIpc) is 2.57. The van der Waals surface area contributed by atoms with Crippen LogP contribution in [0.15, 0.2) is 53.0 Å². The zero-order valence-corrected chi connectivity index (χ0v) is 15.7. The molecule has 0 saturated heterocycles. The van der Waals surface area contributed by atoms with Gasteiger partial charge in [0, 0.05) is 10.2 Å². The molecule has 0 radical (unpaired) electrons. The number of nitrogens with one attached hydrogen (secondary N) is 1. The summed E-state index contributed by atoms with van der Waals surface area (Å²) in [6, 6.07) is 15.4. The monoisotopic (exact) mass is 407 g/mol. The lowest BCUT2D eigenvalue weighted by molar-refractivity contribution is -0.144. The van der Waals surface area contributed by atoms with E-state index in [1.807, 2.05) is 49.4 Å². The number of benzene rings is 2. The van der Waals surface area contributed by atoms with Crippen molar-refractivity contribution in [2.75, 3.05) is 17.7 Å². The predicted molar refractivity (Wildman–Crippen MR) is 101 cm³/mol. The third kappa shape index (κ3) is 6.37. The fourth-order valence-corrected chi connectivity index (χ4v) is 3.04. The Hall–Kier alpha value is -1.79. The number of carbonyl (C=O) groups excluding carboxylic acids is 2. The zero-order valence-electron chi connectivity index (χ0n) is 13.3. The number of ether oxygens (including phenoxy) is 1. The normalized spacial score (nSPS) is 10.2. The Morgan fingerprint density at radius 3 is 2.54 bits per heavy atom. The van der Waals surface area contributed by atoms with Gasteiger partial charge >= 0.3 is 5.97 Å². The molecule has 0 aromatic heterocycles. The van der Waals surface area contributed by atoms with E-state index in [2.05, 4.69) is 21.2 Å². The molecule has 6 heteroatoms. The van der Waals surface area contributed by atoms with Crippen molar-refractivity contribution in [3.8, 4) is 0 Å². The summed E-state index contributed by atoms with van der Waals surface area (Å²) < 4.78 is 5.76. The van der Waals surface area contributed by atoms with Gasteiger partial charge in [-0.05, 0) is 40.5 Å². The predicted octanol–water partition coefficient (Wildman–Crippen LogP) is 4.17. The molecule has 1 amide bonds. The third-order valence-corrected chi connectivity index (χ3v) is 4.79. The summed E-state index contributed by atoms with van der Waals surface area (Å²) in [5.41, 5.74) is 3.01. The van der Waals surface area contributed by atoms with Crippen LogP contribution in [0.25, 0.3) is 0 Å². The second-order valence-corrected chi connectivity index (χ2v) is 7.01. The maximum absolute atomic E-state index is 11.8. The van der Waals surface area contributed by atoms with Gasteiger partial charge in [0.15, 0.2) is 6.61 Å². The van der Waals surface area contributed by atoms with Gasteiger partial charge in [-0.1, -0.05) is 42.0 Å². The SMILES string of the molecule is Cc1ccc(CSCC(=O)OCC(=O)Nc2ccccc2Br)cc1. The summed E-state index contributed by atoms with van der Waals surface area (Å²) in [6.45, 7) is 1.75. The minimum Gasteiger partial charge on any atom is -0.455 e. The van der Waals surface area contributed by atoms with E-state index in [0.29, 0.717) is 5.69 Å². The van der Waals surface area contributed by atoms with Crippen LogP contribution in [0.5, 0.6) is 0 Å². The van der Waals surface area contributed by atoms with Crippen LogP contribution >= 0.6 is 27.7 Å². The van der Waals surface area contributed by atoms with Crippen molar-refractivity contribution in [2.45, 2.75) is 12.7 Å². The van der Waals surface area contributed by atoms with Gasteiger partial charge in [-0.2, -0.15) is 0 Å². The number of hydrogen-bond acceptors (Lipinski definition) is 4. The molecule has 0 spiro atoms. The van der Waals surface area contributed by atoms with Gasteiger partial charge in [-0.25, -0.2) is 0 Å². The lowest BCUT2D eigenvalue weighted by Gasteiger charge is -2.08. The molecule has 24 heavy (non-hydrogen) atoms. The first kappa shape index (κ1) is 18.5. The molecule has 0 heterocycles. The van der Waals surface area contributed by atoms with Gasteiger partial charge in [0.05, 0.1) is 11.4 Å². The van der Waals surface area contributed by atoms with Crippen LogP contribution in [0.2, 0.25) is 0 Å².